The van der Waals surface area contributed by atoms with E-state index in [1.807, 2.05) is 7.11 Å². The van der Waals surface area contributed by atoms with Gasteiger partial charge in [-0.15, -0.1) is 0 Å². The van der Waals surface area contributed by atoms with Crippen molar-refractivity contribution in [2.75, 3.05) is 46.9 Å². The lowest BCUT2D eigenvalue weighted by molar-refractivity contribution is 0.0958. The van der Waals surface area contributed by atoms with Gasteiger partial charge in [0.2, 0.25) is 0 Å². The maximum atomic E-state index is 5.49. The quantitative estimate of drug-likeness (QED) is 0.846. The first kappa shape index (κ1) is 15.0. The molecule has 0 N–H and O–H groups in total. The second-order valence-corrected chi connectivity index (χ2v) is 7.10. The molecule has 116 valence electrons. The molecule has 2 heterocycles. The predicted octanol–water partition coefficient (Wildman–Crippen LogP) is 2.40. The van der Waals surface area contributed by atoms with Crippen LogP contribution in [0.15, 0.2) is 24.3 Å². The Morgan fingerprint density at radius 1 is 1.29 bits per heavy atom. The van der Waals surface area contributed by atoms with Gasteiger partial charge in [0.15, 0.2) is 0 Å². The molecule has 3 heteroatoms. The van der Waals surface area contributed by atoms with Crippen LogP contribution in [0.25, 0.3) is 0 Å². The van der Waals surface area contributed by atoms with E-state index in [2.05, 4.69) is 48.0 Å². The second-order valence-electron chi connectivity index (χ2n) is 7.10. The van der Waals surface area contributed by atoms with E-state index >= 15 is 0 Å². The Labute approximate surface area is 128 Å². The highest BCUT2D eigenvalue weighted by Crippen LogP contribution is 2.43. The molecule has 3 rings (SSSR count). The van der Waals surface area contributed by atoms with Crippen molar-refractivity contribution in [3.8, 4) is 0 Å². The molecule has 2 saturated heterocycles. The second kappa shape index (κ2) is 6.07. The van der Waals surface area contributed by atoms with Crippen LogP contribution < -0.4 is 0 Å². The minimum atomic E-state index is 0.452. The Balaban J connectivity index is 1.68. The molecule has 0 amide bonds. The third-order valence-corrected chi connectivity index (χ3v) is 5.47. The van der Waals surface area contributed by atoms with Crippen molar-refractivity contribution in [2.24, 2.45) is 11.3 Å². The summed E-state index contributed by atoms with van der Waals surface area (Å²) in [6.07, 6.45) is 1.32. The normalized spacial score (nSPS) is 30.5. The summed E-state index contributed by atoms with van der Waals surface area (Å²) in [5.41, 5.74) is 3.34. The zero-order valence-electron chi connectivity index (χ0n) is 13.6. The number of likely N-dealkylation sites (tertiary alicyclic amines) is 2. The van der Waals surface area contributed by atoms with Crippen molar-refractivity contribution < 1.29 is 4.74 Å². The molecule has 2 aliphatic heterocycles. The molecule has 1 aromatic carbocycles. The number of hydrogen-bond donors (Lipinski definition) is 0. The molecule has 2 fully saturated rings. The first-order valence-electron chi connectivity index (χ1n) is 8.07. The van der Waals surface area contributed by atoms with Crippen LogP contribution in [0.1, 0.15) is 17.5 Å². The van der Waals surface area contributed by atoms with E-state index in [0.717, 1.165) is 13.2 Å². The maximum absolute atomic E-state index is 5.49. The third-order valence-electron chi connectivity index (χ3n) is 5.47. The molecule has 2 aliphatic rings. The van der Waals surface area contributed by atoms with Gasteiger partial charge in [-0.25, -0.2) is 0 Å². The zero-order valence-corrected chi connectivity index (χ0v) is 13.6. The summed E-state index contributed by atoms with van der Waals surface area (Å²) in [6.45, 7) is 9.08. The highest BCUT2D eigenvalue weighted by atomic mass is 16.5. The van der Waals surface area contributed by atoms with Crippen LogP contribution in [0.3, 0.4) is 0 Å². The minimum absolute atomic E-state index is 0.452. The van der Waals surface area contributed by atoms with Crippen LogP contribution in [-0.4, -0.2) is 56.7 Å². The lowest BCUT2D eigenvalue weighted by atomic mass is 9.77. The standard InChI is InChI=1S/C18H28N2O/c1-15-6-4-5-7-16(15)10-20-9-8-18(14-20)13-19(2)11-17(18)12-21-3/h4-7,17H,8-14H2,1-3H3/t17-,18+/m0/s1. The lowest BCUT2D eigenvalue weighted by Gasteiger charge is -2.30. The maximum Gasteiger partial charge on any atom is 0.0509 e. The fourth-order valence-electron chi connectivity index (χ4n) is 4.34. The molecule has 0 radical (unpaired) electrons. The molecule has 0 bridgehead atoms. The van der Waals surface area contributed by atoms with E-state index in [-0.39, 0.29) is 0 Å². The zero-order chi connectivity index (χ0) is 14.9. The molecule has 1 aromatic rings. The highest BCUT2D eigenvalue weighted by Gasteiger charge is 2.49. The summed E-state index contributed by atoms with van der Waals surface area (Å²) in [4.78, 5) is 5.13. The van der Waals surface area contributed by atoms with Gasteiger partial charge in [-0.05, 0) is 38.1 Å². The molecule has 21 heavy (non-hydrogen) atoms. The Kier molecular flexibility index (Phi) is 4.34. The van der Waals surface area contributed by atoms with Gasteiger partial charge in [-0.3, -0.25) is 4.90 Å². The van der Waals surface area contributed by atoms with Gasteiger partial charge in [0.05, 0.1) is 6.61 Å². The van der Waals surface area contributed by atoms with Crippen LogP contribution in [-0.2, 0) is 11.3 Å². The monoisotopic (exact) mass is 288 g/mol. The number of benzene rings is 1. The van der Waals surface area contributed by atoms with Crippen molar-refractivity contribution >= 4 is 0 Å². The fourth-order valence-corrected chi connectivity index (χ4v) is 4.34. The number of aryl methyl sites for hydroxylation is 1. The van der Waals surface area contributed by atoms with E-state index in [0.29, 0.717) is 11.3 Å². The molecule has 0 aromatic heterocycles. The van der Waals surface area contributed by atoms with Gasteiger partial charge in [-0.2, -0.15) is 0 Å². The Hall–Kier alpha value is -0.900. The SMILES string of the molecule is COC[C@@H]1CN(C)C[C@@]12CCN(Cc1ccccc1C)C2. The molecule has 3 nitrogen and oxygen atoms in total. The molecular weight excluding hydrogens is 260 g/mol. The largest absolute Gasteiger partial charge is 0.384 e. The van der Waals surface area contributed by atoms with E-state index in [1.165, 1.54) is 43.7 Å². The van der Waals surface area contributed by atoms with Crippen LogP contribution in [0, 0.1) is 18.3 Å². The van der Waals surface area contributed by atoms with E-state index < -0.39 is 0 Å². The first-order valence-corrected chi connectivity index (χ1v) is 8.07. The van der Waals surface area contributed by atoms with E-state index in [9.17, 15) is 0 Å². The van der Waals surface area contributed by atoms with Gasteiger partial charge in [0.1, 0.15) is 0 Å². The van der Waals surface area contributed by atoms with Crippen molar-refractivity contribution in [3.63, 3.8) is 0 Å². The molecule has 0 aliphatic carbocycles. The Morgan fingerprint density at radius 2 is 2.10 bits per heavy atom. The number of rotatable bonds is 4. The van der Waals surface area contributed by atoms with Gasteiger partial charge in [0, 0.05) is 44.6 Å². The fraction of sp³-hybridized carbons (Fsp3) is 0.667. The summed E-state index contributed by atoms with van der Waals surface area (Å²) >= 11 is 0. The summed E-state index contributed by atoms with van der Waals surface area (Å²) in [7, 11) is 4.09. The number of methoxy groups -OCH3 is 1. The summed E-state index contributed by atoms with van der Waals surface area (Å²) in [6, 6.07) is 8.78. The van der Waals surface area contributed by atoms with Gasteiger partial charge >= 0.3 is 0 Å². The summed E-state index contributed by atoms with van der Waals surface area (Å²) in [5, 5.41) is 0. The van der Waals surface area contributed by atoms with Crippen LogP contribution in [0.4, 0.5) is 0 Å². The van der Waals surface area contributed by atoms with Crippen molar-refractivity contribution in [1.29, 1.82) is 0 Å². The average Bonchev–Trinajstić information content (AvgIpc) is 2.98. The van der Waals surface area contributed by atoms with E-state index in [1.54, 1.807) is 0 Å². The predicted molar refractivity (Wildman–Crippen MR) is 86.4 cm³/mol. The smallest absolute Gasteiger partial charge is 0.0509 e. The molecular formula is C18H28N2O. The van der Waals surface area contributed by atoms with Crippen LogP contribution >= 0.6 is 0 Å². The molecule has 0 saturated carbocycles. The van der Waals surface area contributed by atoms with Crippen molar-refractivity contribution in [1.82, 2.24) is 9.80 Å². The first-order chi connectivity index (χ1) is 10.1. The Morgan fingerprint density at radius 3 is 2.86 bits per heavy atom. The number of hydrogen-bond acceptors (Lipinski definition) is 3. The minimum Gasteiger partial charge on any atom is -0.384 e. The topological polar surface area (TPSA) is 15.7 Å². The van der Waals surface area contributed by atoms with Crippen LogP contribution in [0.5, 0.6) is 0 Å². The van der Waals surface area contributed by atoms with Gasteiger partial charge in [0.25, 0.3) is 0 Å². The van der Waals surface area contributed by atoms with Crippen molar-refractivity contribution in [3.05, 3.63) is 35.4 Å². The number of ether oxygens (including phenoxy) is 1. The molecule has 0 unspecified atom stereocenters. The van der Waals surface area contributed by atoms with Gasteiger partial charge in [-0.1, -0.05) is 24.3 Å². The molecule has 2 atom stereocenters. The highest BCUT2D eigenvalue weighted by molar-refractivity contribution is 5.25. The van der Waals surface area contributed by atoms with Crippen LogP contribution in [0.2, 0.25) is 0 Å². The third kappa shape index (κ3) is 3.01. The van der Waals surface area contributed by atoms with E-state index in [4.69, 9.17) is 4.74 Å². The number of nitrogens with zero attached hydrogens (tertiary/aromatic N) is 2. The lowest BCUT2D eigenvalue weighted by Crippen LogP contribution is -2.36. The average molecular weight is 288 g/mol. The summed E-state index contributed by atoms with van der Waals surface area (Å²) < 4.78 is 5.49. The Bertz CT molecular complexity index is 490. The molecule has 1 spiro atoms. The van der Waals surface area contributed by atoms with Gasteiger partial charge < -0.3 is 9.64 Å². The van der Waals surface area contributed by atoms with Crippen molar-refractivity contribution in [2.45, 2.75) is 19.9 Å². The summed E-state index contributed by atoms with van der Waals surface area (Å²) in [5.74, 6) is 0.689.